The van der Waals surface area contributed by atoms with Crippen molar-refractivity contribution in [3.63, 3.8) is 0 Å². The first-order chi connectivity index (χ1) is 8.29. The number of nitrogens with two attached hydrogens (primary N) is 1. The summed E-state index contributed by atoms with van der Waals surface area (Å²) in [6.45, 7) is 2.90. The second kappa shape index (κ2) is 5.59. The van der Waals surface area contributed by atoms with Crippen LogP contribution in [0.15, 0.2) is 36.7 Å². The van der Waals surface area contributed by atoms with Crippen LogP contribution in [0.2, 0.25) is 0 Å². The summed E-state index contributed by atoms with van der Waals surface area (Å²) in [4.78, 5) is 4.24. The van der Waals surface area contributed by atoms with Crippen molar-refractivity contribution in [3.05, 3.63) is 48.0 Å². The summed E-state index contributed by atoms with van der Waals surface area (Å²) in [5, 5.41) is 4.14. The van der Waals surface area contributed by atoms with Crippen LogP contribution in [-0.2, 0) is 19.4 Å². The quantitative estimate of drug-likeness (QED) is 0.845. The monoisotopic (exact) mass is 230 g/mol. The molecule has 1 aromatic carbocycles. The van der Waals surface area contributed by atoms with E-state index in [1.807, 2.05) is 22.9 Å². The summed E-state index contributed by atoms with van der Waals surface area (Å²) >= 11 is 0. The van der Waals surface area contributed by atoms with Gasteiger partial charge in [-0.15, -0.1) is 0 Å². The van der Waals surface area contributed by atoms with Gasteiger partial charge in [-0.05, 0) is 18.9 Å². The lowest BCUT2D eigenvalue weighted by molar-refractivity contribution is 0.567. The molecule has 17 heavy (non-hydrogen) atoms. The van der Waals surface area contributed by atoms with Crippen LogP contribution in [0.3, 0.4) is 0 Å². The molecule has 4 nitrogen and oxygen atoms in total. The van der Waals surface area contributed by atoms with Gasteiger partial charge < -0.3 is 5.73 Å². The van der Waals surface area contributed by atoms with Gasteiger partial charge in [-0.3, -0.25) is 4.68 Å². The maximum Gasteiger partial charge on any atom is 0.138 e. The van der Waals surface area contributed by atoms with Crippen molar-refractivity contribution in [1.29, 1.82) is 0 Å². The maximum atomic E-state index is 6.14. The minimum absolute atomic E-state index is 0.0897. The molecule has 2 aromatic rings. The zero-order valence-electron chi connectivity index (χ0n) is 10.1. The van der Waals surface area contributed by atoms with Gasteiger partial charge in [-0.1, -0.05) is 30.3 Å². The van der Waals surface area contributed by atoms with Gasteiger partial charge in [0, 0.05) is 19.0 Å². The molecule has 0 fully saturated rings. The minimum Gasteiger partial charge on any atom is -0.327 e. The lowest BCUT2D eigenvalue weighted by Gasteiger charge is -2.11. The zero-order valence-corrected chi connectivity index (χ0v) is 10.1. The van der Waals surface area contributed by atoms with E-state index in [0.29, 0.717) is 0 Å². The summed E-state index contributed by atoms with van der Waals surface area (Å²) in [6.07, 6.45) is 3.23. The summed E-state index contributed by atoms with van der Waals surface area (Å²) in [5.74, 6) is 0.968. The number of aryl methyl sites for hydroxylation is 1. The molecule has 0 amide bonds. The average Bonchev–Trinajstić information content (AvgIpc) is 2.77. The number of rotatable bonds is 5. The molecule has 0 spiro atoms. The van der Waals surface area contributed by atoms with E-state index in [2.05, 4.69) is 29.1 Å². The van der Waals surface area contributed by atoms with E-state index in [1.54, 1.807) is 6.33 Å². The van der Waals surface area contributed by atoms with Crippen molar-refractivity contribution in [2.45, 2.75) is 32.4 Å². The highest BCUT2D eigenvalue weighted by atomic mass is 15.3. The fraction of sp³-hybridized carbons (Fsp3) is 0.385. The fourth-order valence-corrected chi connectivity index (χ4v) is 1.93. The largest absolute Gasteiger partial charge is 0.327 e. The van der Waals surface area contributed by atoms with Gasteiger partial charge >= 0.3 is 0 Å². The minimum atomic E-state index is 0.0897. The topological polar surface area (TPSA) is 56.7 Å². The first-order valence-corrected chi connectivity index (χ1v) is 5.95. The Balaban J connectivity index is 1.96. The van der Waals surface area contributed by atoms with Crippen LogP contribution < -0.4 is 5.73 Å². The summed E-state index contributed by atoms with van der Waals surface area (Å²) < 4.78 is 1.89. The Hall–Kier alpha value is -1.68. The van der Waals surface area contributed by atoms with Crippen molar-refractivity contribution in [3.8, 4) is 0 Å². The Morgan fingerprint density at radius 2 is 2.00 bits per heavy atom. The van der Waals surface area contributed by atoms with Crippen LogP contribution in [0.25, 0.3) is 0 Å². The Kier molecular flexibility index (Phi) is 3.88. The van der Waals surface area contributed by atoms with Crippen molar-refractivity contribution in [2.24, 2.45) is 5.73 Å². The number of nitrogens with zero attached hydrogens (tertiary/aromatic N) is 3. The smallest absolute Gasteiger partial charge is 0.138 e. The molecule has 0 radical (unpaired) electrons. The molecule has 2 rings (SSSR count). The predicted molar refractivity (Wildman–Crippen MR) is 67.5 cm³/mol. The van der Waals surface area contributed by atoms with Gasteiger partial charge in [0.2, 0.25) is 0 Å². The van der Waals surface area contributed by atoms with Crippen LogP contribution in [0.5, 0.6) is 0 Å². The van der Waals surface area contributed by atoms with E-state index in [9.17, 15) is 0 Å². The predicted octanol–water partition coefficient (Wildman–Crippen LogP) is 1.41. The molecule has 0 saturated carbocycles. The normalized spacial score (nSPS) is 12.6. The molecule has 1 aromatic heterocycles. The Morgan fingerprint density at radius 1 is 1.24 bits per heavy atom. The SMILES string of the molecule is CCn1ncnc1CC(N)Cc1ccccc1. The molecule has 2 N–H and O–H groups in total. The number of benzene rings is 1. The lowest BCUT2D eigenvalue weighted by atomic mass is 10.0. The van der Waals surface area contributed by atoms with Crippen LogP contribution in [0.4, 0.5) is 0 Å². The van der Waals surface area contributed by atoms with E-state index in [0.717, 1.165) is 25.2 Å². The Labute approximate surface area is 101 Å². The third-order valence-electron chi connectivity index (χ3n) is 2.78. The van der Waals surface area contributed by atoms with E-state index in [4.69, 9.17) is 5.73 Å². The number of hydrogen-bond acceptors (Lipinski definition) is 3. The first-order valence-electron chi connectivity index (χ1n) is 5.95. The molecule has 0 bridgehead atoms. The van der Waals surface area contributed by atoms with Gasteiger partial charge in [0.25, 0.3) is 0 Å². The highest BCUT2D eigenvalue weighted by Gasteiger charge is 2.09. The first kappa shape index (κ1) is 11.8. The fourth-order valence-electron chi connectivity index (χ4n) is 1.93. The second-order valence-electron chi connectivity index (χ2n) is 4.15. The summed E-state index contributed by atoms with van der Waals surface area (Å²) in [5.41, 5.74) is 7.41. The highest BCUT2D eigenvalue weighted by Crippen LogP contribution is 2.05. The van der Waals surface area contributed by atoms with Crippen molar-refractivity contribution in [2.75, 3.05) is 0 Å². The molecule has 1 heterocycles. The molecular weight excluding hydrogens is 212 g/mol. The molecule has 90 valence electrons. The van der Waals surface area contributed by atoms with E-state index < -0.39 is 0 Å². The molecule has 0 aliphatic heterocycles. The van der Waals surface area contributed by atoms with Gasteiger partial charge in [-0.2, -0.15) is 5.10 Å². The van der Waals surface area contributed by atoms with Gasteiger partial charge in [0.15, 0.2) is 0 Å². The maximum absolute atomic E-state index is 6.14. The van der Waals surface area contributed by atoms with Crippen molar-refractivity contribution >= 4 is 0 Å². The van der Waals surface area contributed by atoms with Gasteiger partial charge in [0.1, 0.15) is 12.2 Å². The lowest BCUT2D eigenvalue weighted by Crippen LogP contribution is -2.27. The Morgan fingerprint density at radius 3 is 2.71 bits per heavy atom. The molecular formula is C13H18N4. The van der Waals surface area contributed by atoms with Crippen LogP contribution >= 0.6 is 0 Å². The van der Waals surface area contributed by atoms with Crippen molar-refractivity contribution < 1.29 is 0 Å². The molecule has 1 atom stereocenters. The third kappa shape index (κ3) is 3.14. The average molecular weight is 230 g/mol. The Bertz CT molecular complexity index is 449. The van der Waals surface area contributed by atoms with E-state index in [1.165, 1.54) is 5.56 Å². The zero-order chi connectivity index (χ0) is 12.1. The van der Waals surface area contributed by atoms with Gasteiger partial charge in [0.05, 0.1) is 0 Å². The third-order valence-corrected chi connectivity index (χ3v) is 2.78. The van der Waals surface area contributed by atoms with Crippen LogP contribution in [0, 0.1) is 0 Å². The van der Waals surface area contributed by atoms with Crippen LogP contribution in [0.1, 0.15) is 18.3 Å². The number of hydrogen-bond donors (Lipinski definition) is 1. The van der Waals surface area contributed by atoms with E-state index >= 15 is 0 Å². The van der Waals surface area contributed by atoms with Gasteiger partial charge in [-0.25, -0.2) is 4.98 Å². The van der Waals surface area contributed by atoms with Crippen molar-refractivity contribution in [1.82, 2.24) is 14.8 Å². The molecule has 0 aliphatic rings. The van der Waals surface area contributed by atoms with Crippen LogP contribution in [-0.4, -0.2) is 20.8 Å². The summed E-state index contributed by atoms with van der Waals surface area (Å²) in [7, 11) is 0. The highest BCUT2D eigenvalue weighted by molar-refractivity contribution is 5.16. The molecule has 0 aliphatic carbocycles. The van der Waals surface area contributed by atoms with E-state index in [-0.39, 0.29) is 6.04 Å². The second-order valence-corrected chi connectivity index (χ2v) is 4.15. The molecule has 4 heteroatoms. The number of aromatic nitrogens is 3. The summed E-state index contributed by atoms with van der Waals surface area (Å²) in [6, 6.07) is 10.4. The molecule has 0 saturated heterocycles. The standard InChI is InChI=1S/C13H18N4/c1-2-17-13(15-10-16-17)9-12(14)8-11-6-4-3-5-7-11/h3-7,10,12H,2,8-9,14H2,1H3. The molecule has 1 unspecified atom stereocenters.